The number of Topliss-reactive ketones (excluding diaryl/α,β-unsaturated/α-hetero) is 1. The van der Waals surface area contributed by atoms with E-state index < -0.39 is 0 Å². The lowest BCUT2D eigenvalue weighted by molar-refractivity contribution is -0.870. The van der Waals surface area contributed by atoms with Gasteiger partial charge in [-0.25, -0.2) is 0 Å². The lowest BCUT2D eigenvalue weighted by Crippen LogP contribution is -2.35. The Morgan fingerprint density at radius 2 is 1.12 bits per heavy atom. The van der Waals surface area contributed by atoms with E-state index in [1.165, 1.54) is 77.0 Å². The summed E-state index contributed by atoms with van der Waals surface area (Å²) in [5.74, 6) is 0.469. The van der Waals surface area contributed by atoms with Crippen LogP contribution in [-0.4, -0.2) is 38.0 Å². The predicted molar refractivity (Wildman–Crippen MR) is 117 cm³/mol. The molecule has 0 atom stereocenters. The third-order valence-corrected chi connectivity index (χ3v) is 5.00. The van der Waals surface area contributed by atoms with Crippen molar-refractivity contribution in [3.05, 3.63) is 12.2 Å². The van der Waals surface area contributed by atoms with Gasteiger partial charge in [0.25, 0.3) is 0 Å². The van der Waals surface area contributed by atoms with Crippen molar-refractivity contribution < 1.29 is 9.28 Å². The fraction of sp³-hybridized carbons (Fsp3) is 0.875. The lowest BCUT2D eigenvalue weighted by Gasteiger charge is -2.23. The molecule has 154 valence electrons. The van der Waals surface area contributed by atoms with E-state index in [0.29, 0.717) is 5.78 Å². The van der Waals surface area contributed by atoms with E-state index in [1.807, 2.05) is 0 Å². The molecule has 0 fully saturated rings. The van der Waals surface area contributed by atoms with E-state index in [0.717, 1.165) is 36.7 Å². The number of unbranched alkanes of at least 4 members (excludes halogenated alkanes) is 11. The molecule has 2 nitrogen and oxygen atoms in total. The van der Waals surface area contributed by atoms with Gasteiger partial charge < -0.3 is 4.48 Å². The van der Waals surface area contributed by atoms with E-state index in [9.17, 15) is 4.79 Å². The van der Waals surface area contributed by atoms with Crippen LogP contribution >= 0.6 is 0 Å². The molecule has 0 unspecified atom stereocenters. The van der Waals surface area contributed by atoms with Gasteiger partial charge in [-0.2, -0.15) is 0 Å². The van der Waals surface area contributed by atoms with Crippen LogP contribution < -0.4 is 0 Å². The Balaban J connectivity index is 3.25. The summed E-state index contributed by atoms with van der Waals surface area (Å²) in [6.07, 6.45) is 24.5. The number of hydrogen-bond acceptors (Lipinski definition) is 1. The molecular weight excluding hydrogens is 318 g/mol. The van der Waals surface area contributed by atoms with Gasteiger partial charge in [-0.05, 0) is 32.1 Å². The Morgan fingerprint density at radius 3 is 1.65 bits per heavy atom. The summed E-state index contributed by atoms with van der Waals surface area (Å²) in [5.41, 5.74) is 0. The van der Waals surface area contributed by atoms with Crippen molar-refractivity contribution in [1.82, 2.24) is 0 Å². The summed E-state index contributed by atoms with van der Waals surface area (Å²) in [6, 6.07) is 0. The van der Waals surface area contributed by atoms with Gasteiger partial charge in [0.15, 0.2) is 0 Å². The van der Waals surface area contributed by atoms with Crippen LogP contribution in [-0.2, 0) is 4.79 Å². The molecule has 0 radical (unpaired) electrons. The standard InChI is InChI=1S/C24H48NO/c1-5-6-7-8-9-10-11-12-13-14-15-16-17-18-19-21-24(26)22-20-23-25(2,3)4/h12-13H,5-11,14-23H2,1-4H3/q+1/b13-12-. The molecule has 0 aromatic rings. The molecule has 0 N–H and O–H groups in total. The molecule has 0 rings (SSSR count). The molecule has 0 aliphatic rings. The molecule has 0 amide bonds. The minimum absolute atomic E-state index is 0.469. The number of carbonyl (C=O) groups is 1. The van der Waals surface area contributed by atoms with E-state index >= 15 is 0 Å². The number of carbonyl (C=O) groups excluding carboxylic acids is 1. The summed E-state index contributed by atoms with van der Waals surface area (Å²) in [7, 11) is 6.57. The van der Waals surface area contributed by atoms with Crippen LogP contribution in [0.25, 0.3) is 0 Å². The van der Waals surface area contributed by atoms with E-state index in [-0.39, 0.29) is 0 Å². The summed E-state index contributed by atoms with van der Waals surface area (Å²) < 4.78 is 0.959. The highest BCUT2D eigenvalue weighted by molar-refractivity contribution is 5.78. The second-order valence-electron chi connectivity index (χ2n) is 8.99. The van der Waals surface area contributed by atoms with Crippen LogP contribution in [0.2, 0.25) is 0 Å². The number of nitrogens with zero attached hydrogens (tertiary/aromatic N) is 1. The second-order valence-corrected chi connectivity index (χ2v) is 8.99. The smallest absolute Gasteiger partial charge is 0.133 e. The first-order valence-electron chi connectivity index (χ1n) is 11.4. The maximum atomic E-state index is 11.8. The number of ketones is 1. The molecule has 0 aromatic heterocycles. The number of hydrogen-bond donors (Lipinski definition) is 0. The van der Waals surface area contributed by atoms with Crippen LogP contribution in [0.4, 0.5) is 0 Å². The van der Waals surface area contributed by atoms with Gasteiger partial charge in [0.05, 0.1) is 27.7 Å². The molecule has 0 spiro atoms. The quantitative estimate of drug-likeness (QED) is 0.136. The summed E-state index contributed by atoms with van der Waals surface area (Å²) in [4.78, 5) is 11.8. The fourth-order valence-corrected chi connectivity index (χ4v) is 3.27. The zero-order valence-electron chi connectivity index (χ0n) is 18.5. The first kappa shape index (κ1) is 25.4. The van der Waals surface area contributed by atoms with E-state index in [1.54, 1.807) is 0 Å². The first-order chi connectivity index (χ1) is 12.5. The van der Waals surface area contributed by atoms with Gasteiger partial charge in [0, 0.05) is 19.3 Å². The Morgan fingerprint density at radius 1 is 0.654 bits per heavy atom. The molecule has 0 saturated carbocycles. The Labute approximate surface area is 165 Å². The van der Waals surface area contributed by atoms with E-state index in [2.05, 4.69) is 40.2 Å². The van der Waals surface area contributed by atoms with Gasteiger partial charge in [0.2, 0.25) is 0 Å². The van der Waals surface area contributed by atoms with Crippen LogP contribution in [0.1, 0.15) is 110 Å². The van der Waals surface area contributed by atoms with Gasteiger partial charge in [0.1, 0.15) is 5.78 Å². The molecule has 0 heterocycles. The van der Waals surface area contributed by atoms with Crippen LogP contribution in [0.5, 0.6) is 0 Å². The Kier molecular flexibility index (Phi) is 17.3. The molecule has 0 saturated heterocycles. The second kappa shape index (κ2) is 17.8. The molecule has 26 heavy (non-hydrogen) atoms. The normalized spacial score (nSPS) is 12.2. The van der Waals surface area contributed by atoms with Gasteiger partial charge in [-0.1, -0.05) is 70.4 Å². The maximum Gasteiger partial charge on any atom is 0.133 e. The Bertz CT molecular complexity index is 341. The summed E-state index contributed by atoms with van der Waals surface area (Å²) >= 11 is 0. The highest BCUT2D eigenvalue weighted by Gasteiger charge is 2.08. The van der Waals surface area contributed by atoms with Gasteiger partial charge >= 0.3 is 0 Å². The summed E-state index contributed by atoms with van der Waals surface area (Å²) in [5, 5.41) is 0. The maximum absolute atomic E-state index is 11.8. The molecular formula is C24H48NO+. The molecule has 0 bridgehead atoms. The third-order valence-electron chi connectivity index (χ3n) is 5.00. The number of rotatable bonds is 19. The number of quaternary nitrogens is 1. The average molecular weight is 367 g/mol. The minimum atomic E-state index is 0.469. The highest BCUT2D eigenvalue weighted by Crippen LogP contribution is 2.11. The largest absolute Gasteiger partial charge is 0.331 e. The first-order valence-corrected chi connectivity index (χ1v) is 11.4. The topological polar surface area (TPSA) is 17.1 Å². The highest BCUT2D eigenvalue weighted by atomic mass is 16.1. The van der Waals surface area contributed by atoms with Crippen molar-refractivity contribution in [2.45, 2.75) is 110 Å². The number of allylic oxidation sites excluding steroid dienone is 2. The van der Waals surface area contributed by atoms with Crippen molar-refractivity contribution in [1.29, 1.82) is 0 Å². The van der Waals surface area contributed by atoms with Gasteiger partial charge in [-0.15, -0.1) is 0 Å². The molecule has 0 aliphatic heterocycles. The third kappa shape index (κ3) is 21.4. The van der Waals surface area contributed by atoms with Crippen molar-refractivity contribution in [3.8, 4) is 0 Å². The average Bonchev–Trinajstić information content (AvgIpc) is 2.57. The SMILES string of the molecule is CCCCCCCC/C=C\CCCCCCCC(=O)CCC[N+](C)(C)C. The van der Waals surface area contributed by atoms with Crippen molar-refractivity contribution in [3.63, 3.8) is 0 Å². The van der Waals surface area contributed by atoms with Crippen LogP contribution in [0.3, 0.4) is 0 Å². The zero-order chi connectivity index (χ0) is 19.5. The molecule has 0 aromatic carbocycles. The fourth-order valence-electron chi connectivity index (χ4n) is 3.27. The van der Waals surface area contributed by atoms with Crippen molar-refractivity contribution in [2.24, 2.45) is 0 Å². The van der Waals surface area contributed by atoms with Crippen molar-refractivity contribution >= 4 is 5.78 Å². The van der Waals surface area contributed by atoms with Crippen LogP contribution in [0.15, 0.2) is 12.2 Å². The molecule has 2 heteroatoms. The Hall–Kier alpha value is -0.630. The monoisotopic (exact) mass is 366 g/mol. The molecule has 0 aliphatic carbocycles. The summed E-state index contributed by atoms with van der Waals surface area (Å²) in [6.45, 7) is 3.37. The minimum Gasteiger partial charge on any atom is -0.331 e. The van der Waals surface area contributed by atoms with Crippen LogP contribution in [0, 0.1) is 0 Å². The lowest BCUT2D eigenvalue weighted by atomic mass is 10.0. The predicted octanol–water partition coefficient (Wildman–Crippen LogP) is 7.08. The van der Waals surface area contributed by atoms with Gasteiger partial charge in [-0.3, -0.25) is 4.79 Å². The van der Waals surface area contributed by atoms with E-state index in [4.69, 9.17) is 0 Å². The zero-order valence-corrected chi connectivity index (χ0v) is 18.5. The van der Waals surface area contributed by atoms with Crippen molar-refractivity contribution in [2.75, 3.05) is 27.7 Å².